The van der Waals surface area contributed by atoms with E-state index >= 15 is 0 Å². The van der Waals surface area contributed by atoms with Crippen LogP contribution in [-0.4, -0.2) is 29.8 Å². The Morgan fingerprint density at radius 1 is 1.06 bits per heavy atom. The van der Waals surface area contributed by atoms with Gasteiger partial charge < -0.3 is 9.69 Å². The highest BCUT2D eigenvalue weighted by atomic mass is 19.1. The Labute approximate surface area is 200 Å². The number of hydrogen-bond acceptors (Lipinski definition) is 4. The number of carbonyl (C=O) groups is 1. The van der Waals surface area contributed by atoms with Crippen LogP contribution in [0.1, 0.15) is 84.9 Å². The number of aromatic nitrogens is 2. The van der Waals surface area contributed by atoms with E-state index in [1.54, 1.807) is 19.1 Å². The summed E-state index contributed by atoms with van der Waals surface area (Å²) in [5.74, 6) is 1.46. The van der Waals surface area contributed by atoms with Crippen molar-refractivity contribution in [3.8, 4) is 11.3 Å². The molecule has 2 unspecified atom stereocenters. The first-order chi connectivity index (χ1) is 15.5. The summed E-state index contributed by atoms with van der Waals surface area (Å²) in [5, 5.41) is 0. The Morgan fingerprint density at radius 2 is 1.64 bits per heavy atom. The number of halogens is 1. The van der Waals surface area contributed by atoms with Crippen LogP contribution in [0.5, 0.6) is 0 Å². The van der Waals surface area contributed by atoms with Crippen molar-refractivity contribution in [1.29, 1.82) is 0 Å². The van der Waals surface area contributed by atoms with Gasteiger partial charge in [-0.1, -0.05) is 60.1 Å². The van der Waals surface area contributed by atoms with E-state index in [1.807, 2.05) is 19.0 Å². The second kappa shape index (κ2) is 13.9. The summed E-state index contributed by atoms with van der Waals surface area (Å²) in [5.41, 5.74) is 3.60. The normalized spacial score (nSPS) is 12.9. The Balaban J connectivity index is 0.00000172. The van der Waals surface area contributed by atoms with E-state index in [2.05, 4.69) is 53.7 Å². The Bertz CT molecular complexity index is 904. The van der Waals surface area contributed by atoms with Gasteiger partial charge in [0.2, 0.25) is 5.95 Å². The van der Waals surface area contributed by atoms with Crippen molar-refractivity contribution in [1.82, 2.24) is 9.97 Å². The first-order valence-corrected chi connectivity index (χ1v) is 12.0. The maximum absolute atomic E-state index is 13.5. The molecule has 0 radical (unpaired) electrons. The summed E-state index contributed by atoms with van der Waals surface area (Å²) < 4.78 is 13.5. The molecule has 0 amide bonds. The summed E-state index contributed by atoms with van der Waals surface area (Å²) in [6.07, 6.45) is 7.06. The smallest absolute Gasteiger partial charge is 0.225 e. The third-order valence-electron chi connectivity index (χ3n) is 5.03. The van der Waals surface area contributed by atoms with Gasteiger partial charge in [-0.25, -0.2) is 14.4 Å². The molecule has 0 saturated carbocycles. The van der Waals surface area contributed by atoms with E-state index in [9.17, 15) is 9.18 Å². The number of nitrogens with zero attached hydrogens (tertiary/aromatic N) is 3. The fourth-order valence-electron chi connectivity index (χ4n) is 3.65. The molecule has 2 atom stereocenters. The van der Waals surface area contributed by atoms with Crippen molar-refractivity contribution in [2.75, 3.05) is 19.0 Å². The third-order valence-corrected chi connectivity index (χ3v) is 5.03. The molecule has 5 heteroatoms. The highest BCUT2D eigenvalue weighted by Gasteiger charge is 2.18. The summed E-state index contributed by atoms with van der Waals surface area (Å²) in [6.45, 7) is 14.4. The van der Waals surface area contributed by atoms with Crippen molar-refractivity contribution in [3.05, 3.63) is 47.4 Å². The molecule has 1 aromatic carbocycles. The van der Waals surface area contributed by atoms with E-state index < -0.39 is 0 Å². The number of carbonyl (C=O) groups excluding carboxylic acids is 1. The third kappa shape index (κ3) is 9.45. The molecular weight excluding hydrogens is 413 g/mol. The maximum Gasteiger partial charge on any atom is 0.225 e. The van der Waals surface area contributed by atoms with Crippen LogP contribution in [-0.2, 0) is 4.79 Å². The number of rotatable bonds is 9. The number of anilines is 1. The van der Waals surface area contributed by atoms with Crippen molar-refractivity contribution >= 4 is 17.8 Å². The first kappa shape index (κ1) is 28.5. The van der Waals surface area contributed by atoms with Gasteiger partial charge in [0.05, 0.1) is 11.4 Å². The topological polar surface area (TPSA) is 46.1 Å². The van der Waals surface area contributed by atoms with E-state index in [0.717, 1.165) is 28.9 Å². The molecule has 2 aromatic rings. The molecule has 0 aliphatic heterocycles. The highest BCUT2D eigenvalue weighted by molar-refractivity contribution is 5.76. The number of Topliss-reactive ketones (excluding diaryl/α,β-unsaturated/α-hetero) is 1. The molecule has 33 heavy (non-hydrogen) atoms. The maximum atomic E-state index is 13.5. The minimum Gasteiger partial charge on any atom is -0.347 e. The first-order valence-electron chi connectivity index (χ1n) is 12.0. The second-order valence-corrected chi connectivity index (χ2v) is 9.52. The zero-order valence-corrected chi connectivity index (χ0v) is 21.9. The van der Waals surface area contributed by atoms with E-state index in [1.165, 1.54) is 18.6 Å². The molecule has 0 aliphatic rings. The average Bonchev–Trinajstić information content (AvgIpc) is 2.72. The Kier molecular flexibility index (Phi) is 12.0. The molecule has 1 aromatic heterocycles. The van der Waals surface area contributed by atoms with Crippen LogP contribution in [0.4, 0.5) is 10.3 Å². The lowest BCUT2D eigenvalue weighted by Crippen LogP contribution is -2.16. The highest BCUT2D eigenvalue weighted by Crippen LogP contribution is 2.31. The largest absolute Gasteiger partial charge is 0.347 e. The summed E-state index contributed by atoms with van der Waals surface area (Å²) in [7, 11) is 3.84. The van der Waals surface area contributed by atoms with E-state index in [0.29, 0.717) is 24.2 Å². The lowest BCUT2D eigenvalue weighted by Gasteiger charge is -2.19. The van der Waals surface area contributed by atoms with Crippen LogP contribution in [0.2, 0.25) is 0 Å². The van der Waals surface area contributed by atoms with Crippen LogP contribution in [0.15, 0.2) is 30.3 Å². The second-order valence-electron chi connectivity index (χ2n) is 9.52. The lowest BCUT2D eigenvalue weighted by molar-refractivity contribution is -0.117. The Hall–Kier alpha value is -2.56. The number of hydrogen-bond donors (Lipinski definition) is 0. The summed E-state index contributed by atoms with van der Waals surface area (Å²) >= 11 is 0. The zero-order valence-electron chi connectivity index (χ0n) is 21.9. The molecule has 0 spiro atoms. The van der Waals surface area contributed by atoms with Crippen molar-refractivity contribution in [2.45, 2.75) is 73.6 Å². The molecule has 182 valence electrons. The predicted octanol–water partition coefficient (Wildman–Crippen LogP) is 7.54. The molecule has 0 saturated heterocycles. The van der Waals surface area contributed by atoms with Crippen LogP contribution < -0.4 is 4.90 Å². The average molecular weight is 456 g/mol. The number of benzene rings is 1. The fraction of sp³-hybridized carbons (Fsp3) is 0.536. The van der Waals surface area contributed by atoms with Gasteiger partial charge in [0.1, 0.15) is 11.6 Å². The van der Waals surface area contributed by atoms with Gasteiger partial charge in [0, 0.05) is 31.6 Å². The van der Waals surface area contributed by atoms with Crippen LogP contribution >= 0.6 is 0 Å². The molecule has 0 bridgehead atoms. The fourth-order valence-corrected chi connectivity index (χ4v) is 3.65. The van der Waals surface area contributed by atoms with Crippen molar-refractivity contribution in [2.24, 2.45) is 11.8 Å². The van der Waals surface area contributed by atoms with Gasteiger partial charge in [-0.15, -0.1) is 0 Å². The molecule has 0 fully saturated rings. The van der Waals surface area contributed by atoms with E-state index in [4.69, 9.17) is 9.97 Å². The van der Waals surface area contributed by atoms with E-state index in [-0.39, 0.29) is 17.5 Å². The van der Waals surface area contributed by atoms with Gasteiger partial charge in [-0.05, 0) is 55.4 Å². The Morgan fingerprint density at radius 3 is 2.12 bits per heavy atom. The lowest BCUT2D eigenvalue weighted by atomic mass is 9.91. The minimum atomic E-state index is -0.269. The quantitative estimate of drug-likeness (QED) is 0.392. The van der Waals surface area contributed by atoms with Gasteiger partial charge in [0.25, 0.3) is 0 Å². The number of allylic oxidation sites excluding steroid dienone is 1. The monoisotopic (exact) mass is 455 g/mol. The van der Waals surface area contributed by atoms with Gasteiger partial charge in [-0.2, -0.15) is 0 Å². The van der Waals surface area contributed by atoms with Crippen LogP contribution in [0.25, 0.3) is 17.3 Å². The van der Waals surface area contributed by atoms with Gasteiger partial charge >= 0.3 is 0 Å². The molecule has 1 heterocycles. The molecule has 2 rings (SSSR count). The molecular formula is C28H42FN3O. The van der Waals surface area contributed by atoms with Gasteiger partial charge in [0.15, 0.2) is 0 Å². The molecule has 4 nitrogen and oxygen atoms in total. The van der Waals surface area contributed by atoms with Gasteiger partial charge in [-0.3, -0.25) is 0 Å². The van der Waals surface area contributed by atoms with Crippen molar-refractivity contribution in [3.63, 3.8) is 0 Å². The summed E-state index contributed by atoms with van der Waals surface area (Å²) in [4.78, 5) is 22.9. The van der Waals surface area contributed by atoms with Crippen LogP contribution in [0, 0.1) is 17.7 Å². The zero-order chi connectivity index (χ0) is 25.1. The standard InChI is InChI=1S/C25H34FN3O.C3H8/c1-16(2)23-22(13-8-17(3)14-18(4)15-19(5)30)24(28-25(27-23)29(6)7)20-9-11-21(26)12-10-20;1-3-2/h8-13,16-18H,14-15H2,1-7H3;3H2,1-2H3/b13-8+;. The number of ketones is 1. The molecule has 0 N–H and O–H groups in total. The van der Waals surface area contributed by atoms with Crippen molar-refractivity contribution < 1.29 is 9.18 Å². The molecule has 0 aliphatic carbocycles. The minimum absolute atomic E-state index is 0.206. The van der Waals surface area contributed by atoms with Crippen LogP contribution in [0.3, 0.4) is 0 Å². The SMILES string of the molecule is CC(=O)CC(C)CC(C)/C=C/c1c(-c2ccc(F)cc2)nc(N(C)C)nc1C(C)C.CCC. The predicted molar refractivity (Wildman–Crippen MR) is 139 cm³/mol. The summed E-state index contributed by atoms with van der Waals surface area (Å²) in [6, 6.07) is 6.44.